The van der Waals surface area contributed by atoms with Crippen molar-refractivity contribution >= 4 is 23.6 Å². The van der Waals surface area contributed by atoms with Crippen LogP contribution in [0.1, 0.15) is 85.9 Å². The number of imide groups is 2. The summed E-state index contributed by atoms with van der Waals surface area (Å²) in [6.45, 7) is 3.10. The highest BCUT2D eigenvalue weighted by Crippen LogP contribution is 2.39. The van der Waals surface area contributed by atoms with Crippen molar-refractivity contribution in [2.75, 3.05) is 79.2 Å². The second-order valence-electron chi connectivity index (χ2n) is 17.2. The van der Waals surface area contributed by atoms with E-state index in [2.05, 4.69) is 24.3 Å². The van der Waals surface area contributed by atoms with Crippen LogP contribution in [0.3, 0.4) is 0 Å². The van der Waals surface area contributed by atoms with Crippen molar-refractivity contribution in [1.82, 2.24) is 9.80 Å². The van der Waals surface area contributed by atoms with Crippen molar-refractivity contribution in [1.29, 1.82) is 0 Å². The molecule has 0 radical (unpaired) electrons. The number of carbonyl (C=O) groups is 4. The fourth-order valence-electron chi connectivity index (χ4n) is 9.54. The molecule has 13 heteroatoms. The Labute approximate surface area is 400 Å². The third-order valence-corrected chi connectivity index (χ3v) is 12.8. The topological polar surface area (TPSA) is 139 Å². The lowest BCUT2D eigenvalue weighted by Crippen LogP contribution is -2.33. The van der Waals surface area contributed by atoms with E-state index in [4.69, 9.17) is 33.2 Å². The Bertz CT molecular complexity index is 2560. The van der Waals surface area contributed by atoms with E-state index < -0.39 is 0 Å². The summed E-state index contributed by atoms with van der Waals surface area (Å²) in [5.41, 5.74) is 8.82. The van der Waals surface area contributed by atoms with Gasteiger partial charge >= 0.3 is 0 Å². The molecular formula is C56H52N2O11. The van der Waals surface area contributed by atoms with Crippen LogP contribution in [0.2, 0.25) is 0 Å². The molecule has 0 spiro atoms. The molecule has 10 bridgehead atoms. The molecule has 0 N–H and O–H groups in total. The van der Waals surface area contributed by atoms with Crippen molar-refractivity contribution in [2.45, 2.75) is 25.7 Å². The van der Waals surface area contributed by atoms with E-state index in [0.717, 1.165) is 44.5 Å². The van der Waals surface area contributed by atoms with Gasteiger partial charge in [0.2, 0.25) is 0 Å². The molecule has 0 unspecified atom stereocenters. The monoisotopic (exact) mass is 928 g/mol. The van der Waals surface area contributed by atoms with Crippen LogP contribution < -0.4 is 18.9 Å². The summed E-state index contributed by atoms with van der Waals surface area (Å²) in [5, 5.41) is 0. The smallest absolute Gasteiger partial charge is 0.261 e. The van der Waals surface area contributed by atoms with E-state index in [1.165, 1.54) is 9.80 Å². The lowest BCUT2D eigenvalue weighted by Gasteiger charge is -2.23. The first-order valence-corrected chi connectivity index (χ1v) is 23.5. The van der Waals surface area contributed by atoms with Crippen LogP contribution in [0.5, 0.6) is 23.0 Å². The van der Waals surface area contributed by atoms with Crippen LogP contribution in [0.25, 0.3) is 0 Å². The molecule has 0 aromatic heterocycles. The highest BCUT2D eigenvalue weighted by Gasteiger charge is 2.36. The van der Waals surface area contributed by atoms with Gasteiger partial charge in [-0.05, 0) is 68.8 Å². The van der Waals surface area contributed by atoms with E-state index in [1.54, 1.807) is 48.5 Å². The SMILES string of the molecule is O=C1c2ccccc2C(=O)N1CCOc1c2cccc1Cc1cccc3c1OCCOCCOCCOCCOc1c(cccc1Cc1cccc(c1OCCN1C(=O)c4ccccc4C1=O)C3)C2. The van der Waals surface area contributed by atoms with Gasteiger partial charge in [0.1, 0.15) is 49.4 Å². The van der Waals surface area contributed by atoms with E-state index in [-0.39, 0.29) is 63.1 Å². The van der Waals surface area contributed by atoms with Gasteiger partial charge in [-0.25, -0.2) is 0 Å². The number of fused-ring (bicyclic) bond motifs is 4. The molecule has 0 fully saturated rings. The van der Waals surface area contributed by atoms with Gasteiger partial charge in [-0.1, -0.05) is 97.1 Å². The average molecular weight is 929 g/mol. The zero-order valence-corrected chi connectivity index (χ0v) is 38.2. The number of hydrogen-bond acceptors (Lipinski definition) is 11. The molecule has 4 amide bonds. The van der Waals surface area contributed by atoms with Crippen LogP contribution in [0, 0.1) is 0 Å². The summed E-state index contributed by atoms with van der Waals surface area (Å²) in [5.74, 6) is 1.38. The zero-order chi connectivity index (χ0) is 47.1. The van der Waals surface area contributed by atoms with Crippen molar-refractivity contribution in [2.24, 2.45) is 0 Å². The molecule has 10 rings (SSSR count). The third-order valence-electron chi connectivity index (χ3n) is 12.8. The lowest BCUT2D eigenvalue weighted by atomic mass is 9.91. The van der Waals surface area contributed by atoms with Crippen LogP contribution in [0.4, 0.5) is 0 Å². The Morgan fingerprint density at radius 1 is 0.348 bits per heavy atom. The molecule has 69 heavy (non-hydrogen) atoms. The Balaban J connectivity index is 1.04. The van der Waals surface area contributed by atoms with Crippen LogP contribution >= 0.6 is 0 Å². The van der Waals surface area contributed by atoms with Gasteiger partial charge in [0, 0.05) is 25.7 Å². The predicted octanol–water partition coefficient (Wildman–Crippen LogP) is 7.53. The largest absolute Gasteiger partial charge is 0.491 e. The number of rotatable bonds is 8. The molecule has 0 atom stereocenters. The fraction of sp³-hybridized carbons (Fsp3) is 0.286. The maximum atomic E-state index is 13.4. The quantitative estimate of drug-likeness (QED) is 0.140. The van der Waals surface area contributed by atoms with Crippen LogP contribution in [-0.2, 0) is 39.9 Å². The van der Waals surface area contributed by atoms with Crippen molar-refractivity contribution in [3.05, 3.63) is 188 Å². The summed E-state index contributed by atoms with van der Waals surface area (Å²) in [6, 6.07) is 38.2. The normalized spacial score (nSPS) is 16.3. The second kappa shape index (κ2) is 20.9. The van der Waals surface area contributed by atoms with E-state index >= 15 is 0 Å². The van der Waals surface area contributed by atoms with E-state index in [1.807, 2.05) is 48.5 Å². The standard InChI is InChI=1S/C56H52N2O11/c59-53-45-17-1-2-18-46(45)54(60)57(53)21-23-66-49-37-9-5-10-38(49)34-42-14-8-16-44-36-40-12-6-11-39(50(40)67-24-22-58-55(61)47-19-3-4-20-48(47)56(58)62)35-43-15-7-13-41(33-37)51(43)68-31-29-64-27-25-63-26-28-65-30-32-69-52(42)44/h1-20H,21-36H2. The number of benzene rings is 6. The molecule has 3 heterocycles. The molecule has 6 aromatic rings. The predicted molar refractivity (Wildman–Crippen MR) is 255 cm³/mol. The number of nitrogens with zero attached hydrogens (tertiary/aromatic N) is 2. The minimum atomic E-state index is -0.334. The average Bonchev–Trinajstić information content (AvgIpc) is 3.75. The number of para-hydroxylation sites is 4. The maximum Gasteiger partial charge on any atom is 0.261 e. The summed E-state index contributed by atoms with van der Waals surface area (Å²) in [4.78, 5) is 56.0. The summed E-state index contributed by atoms with van der Waals surface area (Å²) in [7, 11) is 0. The Morgan fingerprint density at radius 2 is 0.623 bits per heavy atom. The number of amides is 4. The van der Waals surface area contributed by atoms with E-state index in [0.29, 0.717) is 111 Å². The first-order valence-electron chi connectivity index (χ1n) is 23.5. The molecule has 352 valence electrons. The summed E-state index contributed by atoms with van der Waals surface area (Å²) >= 11 is 0. The molecule has 0 saturated carbocycles. The molecule has 4 aliphatic rings. The second-order valence-corrected chi connectivity index (χ2v) is 17.2. The fourth-order valence-corrected chi connectivity index (χ4v) is 9.54. The Kier molecular flexibility index (Phi) is 13.8. The minimum absolute atomic E-state index is 0.0687. The van der Waals surface area contributed by atoms with Crippen molar-refractivity contribution < 1.29 is 52.3 Å². The summed E-state index contributed by atoms with van der Waals surface area (Å²) < 4.78 is 44.6. The first kappa shape index (κ1) is 45.5. The molecule has 6 aromatic carbocycles. The molecule has 1 aliphatic carbocycles. The molecular weight excluding hydrogens is 877 g/mol. The van der Waals surface area contributed by atoms with Crippen LogP contribution in [0.15, 0.2) is 121 Å². The van der Waals surface area contributed by atoms with Gasteiger partial charge in [0.25, 0.3) is 23.6 Å². The minimum Gasteiger partial charge on any atom is -0.491 e. The highest BCUT2D eigenvalue weighted by molar-refractivity contribution is 6.22. The summed E-state index contributed by atoms with van der Waals surface area (Å²) in [6.07, 6.45) is 1.72. The van der Waals surface area contributed by atoms with Gasteiger partial charge in [-0.3, -0.25) is 29.0 Å². The maximum absolute atomic E-state index is 13.4. The highest BCUT2D eigenvalue weighted by atomic mass is 16.6. The lowest BCUT2D eigenvalue weighted by molar-refractivity contribution is 0.00484. The van der Waals surface area contributed by atoms with Gasteiger partial charge < -0.3 is 33.2 Å². The number of ether oxygens (including phenoxy) is 7. The first-order chi connectivity index (χ1) is 33.9. The number of carbonyl (C=O) groups excluding carboxylic acids is 4. The van der Waals surface area contributed by atoms with Gasteiger partial charge in [0.05, 0.1) is 75.0 Å². The van der Waals surface area contributed by atoms with Crippen molar-refractivity contribution in [3.8, 4) is 23.0 Å². The van der Waals surface area contributed by atoms with Crippen molar-refractivity contribution in [3.63, 3.8) is 0 Å². The molecule has 13 nitrogen and oxygen atoms in total. The Hall–Kier alpha value is -7.32. The van der Waals surface area contributed by atoms with Gasteiger partial charge in [0.15, 0.2) is 0 Å². The molecule has 0 saturated heterocycles. The third kappa shape index (κ3) is 9.71. The molecule has 3 aliphatic heterocycles. The van der Waals surface area contributed by atoms with Gasteiger partial charge in [-0.2, -0.15) is 0 Å². The van der Waals surface area contributed by atoms with Gasteiger partial charge in [-0.15, -0.1) is 0 Å². The Morgan fingerprint density at radius 3 is 0.928 bits per heavy atom. The number of hydrogen-bond donors (Lipinski definition) is 0. The zero-order valence-electron chi connectivity index (χ0n) is 38.2. The van der Waals surface area contributed by atoms with Crippen LogP contribution in [-0.4, -0.2) is 113 Å². The van der Waals surface area contributed by atoms with E-state index in [9.17, 15) is 19.2 Å².